The number of imidazole rings is 1. The molecule has 3 heterocycles. The fourth-order valence-electron chi connectivity index (χ4n) is 3.79. The van der Waals surface area contributed by atoms with Gasteiger partial charge < -0.3 is 5.32 Å². The third kappa shape index (κ3) is 2.76. The lowest BCUT2D eigenvalue weighted by molar-refractivity contribution is 0.795. The lowest BCUT2D eigenvalue weighted by atomic mass is 10.2. The molecule has 3 aromatic heterocycles. The minimum atomic E-state index is -0.0593. The number of rotatable bonds is 3. The number of anilines is 2. The van der Waals surface area contributed by atoms with Crippen molar-refractivity contribution in [2.75, 3.05) is 5.32 Å². The van der Waals surface area contributed by atoms with Crippen LogP contribution >= 0.6 is 0 Å². The third-order valence-corrected chi connectivity index (χ3v) is 5.30. The predicted octanol–water partition coefficient (Wildman–Crippen LogP) is 3.37. The molecule has 30 heavy (non-hydrogen) atoms. The van der Waals surface area contributed by atoms with Gasteiger partial charge in [-0.1, -0.05) is 12.1 Å². The fraction of sp³-hybridized carbons (Fsp3) is 0.182. The zero-order chi connectivity index (χ0) is 21.0. The molecule has 5 aromatic rings. The number of para-hydroxylation sites is 2. The first kappa shape index (κ1) is 18.1. The van der Waals surface area contributed by atoms with Crippen LogP contribution in [0.25, 0.3) is 27.9 Å². The summed E-state index contributed by atoms with van der Waals surface area (Å²) in [6.45, 7) is 3.95. The summed E-state index contributed by atoms with van der Waals surface area (Å²) in [5.41, 5.74) is 5.94. The summed E-state index contributed by atoms with van der Waals surface area (Å²) >= 11 is 0. The van der Waals surface area contributed by atoms with Crippen molar-refractivity contribution in [2.24, 2.45) is 14.1 Å². The number of fused-ring (bicyclic) bond motifs is 2. The molecule has 8 heteroatoms. The highest BCUT2D eigenvalue weighted by Gasteiger charge is 2.15. The lowest BCUT2D eigenvalue weighted by Crippen LogP contribution is -2.19. The molecule has 0 aliphatic rings. The Morgan fingerprint density at radius 2 is 1.57 bits per heavy atom. The first-order chi connectivity index (χ1) is 14.4. The van der Waals surface area contributed by atoms with Crippen LogP contribution in [-0.4, -0.2) is 28.9 Å². The Kier molecular flexibility index (Phi) is 3.95. The molecule has 0 saturated carbocycles. The molecule has 5 rings (SSSR count). The van der Waals surface area contributed by atoms with Crippen LogP contribution in [0.5, 0.6) is 0 Å². The summed E-state index contributed by atoms with van der Waals surface area (Å²) in [4.78, 5) is 21.9. The van der Waals surface area contributed by atoms with Gasteiger partial charge in [-0.25, -0.2) is 19.4 Å². The molecule has 8 nitrogen and oxygen atoms in total. The van der Waals surface area contributed by atoms with Crippen LogP contribution in [0.3, 0.4) is 0 Å². The topological polar surface area (TPSA) is 82.6 Å². The van der Waals surface area contributed by atoms with Crippen molar-refractivity contribution >= 4 is 33.6 Å². The van der Waals surface area contributed by atoms with Gasteiger partial charge in [-0.05, 0) is 50.2 Å². The number of hydrogen-bond acceptors (Lipinski definition) is 5. The van der Waals surface area contributed by atoms with E-state index in [0.29, 0.717) is 11.6 Å². The van der Waals surface area contributed by atoms with Crippen LogP contribution in [0.15, 0.2) is 53.3 Å². The minimum Gasteiger partial charge on any atom is -0.337 e. The number of aromatic nitrogens is 6. The summed E-state index contributed by atoms with van der Waals surface area (Å²) < 4.78 is 5.07. The highest BCUT2D eigenvalue weighted by Crippen LogP contribution is 2.26. The van der Waals surface area contributed by atoms with E-state index in [0.717, 1.165) is 39.1 Å². The van der Waals surface area contributed by atoms with Gasteiger partial charge in [0.05, 0.1) is 27.8 Å². The van der Waals surface area contributed by atoms with Crippen molar-refractivity contribution in [3.8, 4) is 5.82 Å². The zero-order valence-electron chi connectivity index (χ0n) is 17.2. The largest absolute Gasteiger partial charge is 0.337 e. The molecule has 0 amide bonds. The fourth-order valence-corrected chi connectivity index (χ4v) is 3.79. The van der Waals surface area contributed by atoms with Gasteiger partial charge in [-0.2, -0.15) is 5.10 Å². The molecule has 0 atom stereocenters. The Morgan fingerprint density at radius 1 is 0.867 bits per heavy atom. The van der Waals surface area contributed by atoms with E-state index < -0.39 is 0 Å². The van der Waals surface area contributed by atoms with Gasteiger partial charge in [0.25, 0.3) is 0 Å². The monoisotopic (exact) mass is 399 g/mol. The van der Waals surface area contributed by atoms with Crippen LogP contribution in [0.1, 0.15) is 11.4 Å². The van der Waals surface area contributed by atoms with E-state index in [1.54, 1.807) is 27.9 Å². The summed E-state index contributed by atoms with van der Waals surface area (Å²) in [7, 11) is 3.54. The quantitative estimate of drug-likeness (QED) is 0.503. The first-order valence-corrected chi connectivity index (χ1v) is 9.65. The summed E-state index contributed by atoms with van der Waals surface area (Å²) in [5.74, 6) is 1.22. The Morgan fingerprint density at radius 3 is 2.27 bits per heavy atom. The van der Waals surface area contributed by atoms with Crippen molar-refractivity contribution in [3.63, 3.8) is 0 Å². The van der Waals surface area contributed by atoms with E-state index in [1.165, 1.54) is 0 Å². The van der Waals surface area contributed by atoms with Crippen molar-refractivity contribution < 1.29 is 0 Å². The van der Waals surface area contributed by atoms with E-state index in [9.17, 15) is 4.79 Å². The van der Waals surface area contributed by atoms with Crippen molar-refractivity contribution in [1.82, 2.24) is 28.9 Å². The van der Waals surface area contributed by atoms with Crippen LogP contribution in [0.4, 0.5) is 11.5 Å². The summed E-state index contributed by atoms with van der Waals surface area (Å²) in [6.07, 6.45) is 0. The lowest BCUT2D eigenvalue weighted by Gasteiger charge is -2.13. The predicted molar refractivity (Wildman–Crippen MR) is 118 cm³/mol. The second kappa shape index (κ2) is 6.55. The van der Waals surface area contributed by atoms with Crippen LogP contribution < -0.4 is 11.0 Å². The zero-order valence-corrected chi connectivity index (χ0v) is 17.2. The second-order valence-electron chi connectivity index (χ2n) is 7.45. The highest BCUT2D eigenvalue weighted by molar-refractivity contribution is 5.83. The maximum atomic E-state index is 12.3. The molecule has 0 radical (unpaired) electrons. The molecule has 0 aliphatic heterocycles. The van der Waals surface area contributed by atoms with E-state index in [-0.39, 0.29) is 5.69 Å². The maximum Gasteiger partial charge on any atom is 0.328 e. The first-order valence-electron chi connectivity index (χ1n) is 9.65. The molecule has 0 saturated heterocycles. The average molecular weight is 399 g/mol. The minimum absolute atomic E-state index is 0.0593. The Hall–Kier alpha value is -3.94. The smallest absolute Gasteiger partial charge is 0.328 e. The molecule has 1 N–H and O–H groups in total. The molecule has 2 aromatic carbocycles. The standard InChI is InChI=1S/C22H21N7O/c1-13-11-14(2)29(26-13)21-20(24-16-7-5-6-8-17(16)25-21)23-15-9-10-18-19(12-15)28(4)22(30)27(18)3/h5-12H,1-4H3,(H,23,24). The van der Waals surface area contributed by atoms with Crippen LogP contribution in [-0.2, 0) is 14.1 Å². The molecular weight excluding hydrogens is 378 g/mol. The maximum absolute atomic E-state index is 12.3. The van der Waals surface area contributed by atoms with E-state index >= 15 is 0 Å². The van der Waals surface area contributed by atoms with Crippen molar-refractivity contribution in [2.45, 2.75) is 13.8 Å². The SMILES string of the molecule is Cc1cc(C)n(-c2nc3ccccc3nc2Nc2ccc3c(c2)n(C)c(=O)n3C)n1. The van der Waals surface area contributed by atoms with Gasteiger partial charge >= 0.3 is 5.69 Å². The summed E-state index contributed by atoms with van der Waals surface area (Å²) in [6, 6.07) is 15.6. The molecule has 0 fully saturated rings. The van der Waals surface area contributed by atoms with Gasteiger partial charge in [0.15, 0.2) is 11.6 Å². The van der Waals surface area contributed by atoms with E-state index in [1.807, 2.05) is 62.4 Å². The van der Waals surface area contributed by atoms with E-state index in [2.05, 4.69) is 10.4 Å². The van der Waals surface area contributed by atoms with Crippen LogP contribution in [0.2, 0.25) is 0 Å². The third-order valence-electron chi connectivity index (χ3n) is 5.30. The Bertz CT molecular complexity index is 1490. The number of benzene rings is 2. The normalized spacial score (nSPS) is 11.5. The summed E-state index contributed by atoms with van der Waals surface area (Å²) in [5, 5.41) is 7.98. The molecule has 0 unspecified atom stereocenters. The van der Waals surface area contributed by atoms with Crippen LogP contribution in [0, 0.1) is 13.8 Å². The molecule has 0 spiro atoms. The average Bonchev–Trinajstić information content (AvgIpc) is 3.18. The van der Waals surface area contributed by atoms with E-state index in [4.69, 9.17) is 9.97 Å². The van der Waals surface area contributed by atoms with Gasteiger partial charge in [0.1, 0.15) is 0 Å². The molecule has 0 bridgehead atoms. The van der Waals surface area contributed by atoms with Gasteiger partial charge in [0.2, 0.25) is 0 Å². The number of hydrogen-bond donors (Lipinski definition) is 1. The molecule has 150 valence electrons. The van der Waals surface area contributed by atoms with Gasteiger partial charge in [-0.3, -0.25) is 9.13 Å². The van der Waals surface area contributed by atoms with Crippen molar-refractivity contribution in [1.29, 1.82) is 0 Å². The Balaban J connectivity index is 1.69. The molecule has 0 aliphatic carbocycles. The van der Waals surface area contributed by atoms with Gasteiger partial charge in [-0.15, -0.1) is 0 Å². The molecular formula is C22H21N7O. The number of nitrogens with zero attached hydrogens (tertiary/aromatic N) is 6. The van der Waals surface area contributed by atoms with Gasteiger partial charge in [0, 0.05) is 25.5 Å². The second-order valence-corrected chi connectivity index (χ2v) is 7.45. The van der Waals surface area contributed by atoms with Crippen molar-refractivity contribution in [3.05, 3.63) is 70.4 Å². The highest BCUT2D eigenvalue weighted by atomic mass is 16.1. The Labute approximate surface area is 172 Å². The number of aryl methyl sites for hydroxylation is 4. The number of nitrogens with one attached hydrogen (secondary N) is 1.